The Bertz CT molecular complexity index is 1080. The molecule has 1 heterocycles. The fraction of sp³-hybridized carbons (Fsp3) is 0.407. The average Bonchev–Trinajstić information content (AvgIpc) is 3.09. The molecule has 0 aromatic heterocycles. The third-order valence-corrected chi connectivity index (χ3v) is 7.24. The Hall–Kier alpha value is -1.96. The van der Waals surface area contributed by atoms with Gasteiger partial charge in [0.2, 0.25) is 5.91 Å². The maximum atomic E-state index is 12.7. The number of nitrogens with one attached hydrogen (secondary N) is 2. The van der Waals surface area contributed by atoms with E-state index in [-0.39, 0.29) is 11.9 Å². The molecule has 0 saturated carbocycles. The van der Waals surface area contributed by atoms with E-state index >= 15 is 0 Å². The Morgan fingerprint density at radius 2 is 1.59 bits per heavy atom. The summed E-state index contributed by atoms with van der Waals surface area (Å²) in [7, 11) is 0. The van der Waals surface area contributed by atoms with Crippen LogP contribution in [0.4, 0.5) is 10.5 Å². The smallest absolute Gasteiger partial charge is 0.321 e. The van der Waals surface area contributed by atoms with Crippen molar-refractivity contribution in [2.75, 3.05) is 44.6 Å². The Labute approximate surface area is 238 Å². The van der Waals surface area contributed by atoms with Crippen LogP contribution in [-0.4, -0.2) is 61.0 Å². The van der Waals surface area contributed by atoms with Crippen molar-refractivity contribution in [3.05, 3.63) is 68.1 Å². The van der Waals surface area contributed by atoms with Gasteiger partial charge in [0, 0.05) is 48.0 Å². The number of carbonyl (C=O) groups is 2. The number of urea groups is 1. The zero-order chi connectivity index (χ0) is 26.6. The van der Waals surface area contributed by atoms with Crippen LogP contribution in [0.5, 0.6) is 0 Å². The van der Waals surface area contributed by atoms with E-state index in [1.807, 2.05) is 11.0 Å². The third kappa shape index (κ3) is 10.7. The van der Waals surface area contributed by atoms with Crippen LogP contribution in [0.1, 0.15) is 37.7 Å². The van der Waals surface area contributed by atoms with Crippen LogP contribution in [0, 0.1) is 0 Å². The first-order chi connectivity index (χ1) is 17.8. The molecule has 1 aliphatic heterocycles. The first-order valence-electron chi connectivity index (χ1n) is 12.5. The molecule has 1 saturated heterocycles. The van der Waals surface area contributed by atoms with E-state index in [1.165, 1.54) is 6.08 Å². The quantitative estimate of drug-likeness (QED) is 0.228. The topological polar surface area (TPSA) is 64.7 Å². The van der Waals surface area contributed by atoms with Crippen LogP contribution < -0.4 is 10.6 Å². The van der Waals surface area contributed by atoms with Gasteiger partial charge in [0.25, 0.3) is 0 Å². The number of nitrogens with zero attached hydrogens (tertiary/aromatic N) is 2. The molecular weight excluding hydrogens is 554 g/mol. The van der Waals surface area contributed by atoms with Gasteiger partial charge in [-0.15, -0.1) is 0 Å². The minimum absolute atomic E-state index is 0.123. The lowest BCUT2D eigenvalue weighted by Crippen LogP contribution is -2.38. The van der Waals surface area contributed by atoms with E-state index < -0.39 is 0 Å². The largest absolute Gasteiger partial charge is 0.353 e. The van der Waals surface area contributed by atoms with Gasteiger partial charge in [0.15, 0.2) is 0 Å². The average molecular weight is 586 g/mol. The summed E-state index contributed by atoms with van der Waals surface area (Å²) in [5.41, 5.74) is 1.43. The molecule has 1 fully saturated rings. The van der Waals surface area contributed by atoms with Crippen LogP contribution in [0.15, 0.2) is 42.5 Å². The van der Waals surface area contributed by atoms with Gasteiger partial charge >= 0.3 is 6.03 Å². The summed E-state index contributed by atoms with van der Waals surface area (Å²) in [5.74, 6) is -0.123. The first kappa shape index (κ1) is 29.6. The molecule has 3 rings (SSSR count). The van der Waals surface area contributed by atoms with Crippen molar-refractivity contribution in [3.8, 4) is 0 Å². The summed E-state index contributed by atoms with van der Waals surface area (Å²) in [4.78, 5) is 28.9. The van der Waals surface area contributed by atoms with Gasteiger partial charge in [-0.3, -0.25) is 4.79 Å². The highest BCUT2D eigenvalue weighted by atomic mass is 35.5. The van der Waals surface area contributed by atoms with Crippen LogP contribution >= 0.6 is 46.4 Å². The van der Waals surface area contributed by atoms with Crippen LogP contribution in [0.25, 0.3) is 6.08 Å². The molecule has 3 amide bonds. The number of unbranched alkanes of at least 4 members (excludes halogenated alkanes) is 3. The highest BCUT2D eigenvalue weighted by Crippen LogP contribution is 2.24. The van der Waals surface area contributed by atoms with Crippen molar-refractivity contribution in [2.24, 2.45) is 0 Å². The summed E-state index contributed by atoms with van der Waals surface area (Å²) < 4.78 is 0. The predicted molar refractivity (Wildman–Crippen MR) is 155 cm³/mol. The lowest BCUT2D eigenvalue weighted by molar-refractivity contribution is -0.116. The summed E-state index contributed by atoms with van der Waals surface area (Å²) in [6.45, 7) is 4.89. The van der Waals surface area contributed by atoms with Crippen LogP contribution in [0.3, 0.4) is 0 Å². The van der Waals surface area contributed by atoms with E-state index in [4.69, 9.17) is 46.4 Å². The molecule has 0 aliphatic carbocycles. The second kappa shape index (κ2) is 15.5. The van der Waals surface area contributed by atoms with Crippen molar-refractivity contribution in [1.29, 1.82) is 0 Å². The summed E-state index contributed by atoms with van der Waals surface area (Å²) in [6.07, 6.45) is 8.35. The van der Waals surface area contributed by atoms with Gasteiger partial charge < -0.3 is 20.4 Å². The molecule has 0 unspecified atom stereocenters. The first-order valence-corrected chi connectivity index (χ1v) is 14.0. The molecule has 2 aromatic carbocycles. The van der Waals surface area contributed by atoms with Gasteiger partial charge in [-0.2, -0.15) is 0 Å². The van der Waals surface area contributed by atoms with Crippen LogP contribution in [0.2, 0.25) is 20.1 Å². The lowest BCUT2D eigenvalue weighted by atomic mass is 10.2. The zero-order valence-corrected chi connectivity index (χ0v) is 23.6. The second-order valence-electron chi connectivity index (χ2n) is 8.98. The fourth-order valence-electron chi connectivity index (χ4n) is 4.10. The van der Waals surface area contributed by atoms with Crippen LogP contribution in [-0.2, 0) is 4.79 Å². The van der Waals surface area contributed by atoms with E-state index in [1.54, 1.807) is 36.4 Å². The number of halogens is 4. The van der Waals surface area contributed by atoms with Gasteiger partial charge in [-0.1, -0.05) is 65.3 Å². The normalized spacial score (nSPS) is 14.5. The fourth-order valence-corrected chi connectivity index (χ4v) is 4.93. The zero-order valence-electron chi connectivity index (χ0n) is 20.6. The molecule has 200 valence electrons. The molecule has 0 radical (unpaired) electrons. The highest BCUT2D eigenvalue weighted by Gasteiger charge is 2.19. The van der Waals surface area contributed by atoms with Crippen molar-refractivity contribution >= 4 is 70.1 Å². The van der Waals surface area contributed by atoms with Crippen molar-refractivity contribution < 1.29 is 9.59 Å². The molecule has 2 aromatic rings. The molecule has 37 heavy (non-hydrogen) atoms. The molecule has 6 nitrogen and oxygen atoms in total. The third-order valence-electron chi connectivity index (χ3n) is 6.06. The number of benzene rings is 2. The van der Waals surface area contributed by atoms with Gasteiger partial charge in [0.05, 0.1) is 10.0 Å². The predicted octanol–water partition coefficient (Wildman–Crippen LogP) is 7.23. The van der Waals surface area contributed by atoms with Crippen molar-refractivity contribution in [1.82, 2.24) is 15.1 Å². The molecule has 10 heteroatoms. The Kier molecular flexibility index (Phi) is 12.4. The summed E-state index contributed by atoms with van der Waals surface area (Å²) >= 11 is 23.9. The van der Waals surface area contributed by atoms with Gasteiger partial charge in [-0.05, 0) is 74.3 Å². The van der Waals surface area contributed by atoms with Crippen molar-refractivity contribution in [2.45, 2.75) is 32.1 Å². The standard InChI is InChI=1S/C27H32Cl4N4O2/c28-21-17-22(29)19-23(18-21)33-27(37)35-13-5-12-34(14-15-35)11-4-2-1-3-10-32-26(36)9-7-20-6-8-24(30)25(31)16-20/h6-9,16-19H,1-5,10-15H2,(H,32,36)(H,33,37)/b9-7+. The molecule has 1 aliphatic rings. The lowest BCUT2D eigenvalue weighted by Gasteiger charge is -2.22. The number of rotatable bonds is 10. The number of anilines is 1. The number of amides is 3. The number of hydrogen-bond donors (Lipinski definition) is 2. The number of hydrogen-bond acceptors (Lipinski definition) is 3. The Morgan fingerprint density at radius 3 is 2.35 bits per heavy atom. The molecule has 0 atom stereocenters. The number of carbonyl (C=O) groups excluding carboxylic acids is 2. The Morgan fingerprint density at radius 1 is 0.838 bits per heavy atom. The van der Waals surface area contributed by atoms with Gasteiger partial charge in [0.1, 0.15) is 0 Å². The van der Waals surface area contributed by atoms with E-state index in [0.717, 1.165) is 63.8 Å². The monoisotopic (exact) mass is 584 g/mol. The van der Waals surface area contributed by atoms with E-state index in [0.29, 0.717) is 38.9 Å². The SMILES string of the molecule is O=C(/C=C/c1ccc(Cl)c(Cl)c1)NCCCCCCN1CCCN(C(=O)Nc2cc(Cl)cc(Cl)c2)CC1. The molecule has 2 N–H and O–H groups in total. The van der Waals surface area contributed by atoms with Gasteiger partial charge in [-0.25, -0.2) is 4.79 Å². The van der Waals surface area contributed by atoms with E-state index in [2.05, 4.69) is 15.5 Å². The highest BCUT2D eigenvalue weighted by molar-refractivity contribution is 6.42. The van der Waals surface area contributed by atoms with E-state index in [9.17, 15) is 9.59 Å². The van der Waals surface area contributed by atoms with Crippen molar-refractivity contribution in [3.63, 3.8) is 0 Å². The summed E-state index contributed by atoms with van der Waals surface area (Å²) in [6, 6.07) is 10.1. The minimum atomic E-state index is -0.131. The molecular formula is C27H32Cl4N4O2. The summed E-state index contributed by atoms with van der Waals surface area (Å²) in [5, 5.41) is 7.74. The molecule has 0 spiro atoms. The maximum absolute atomic E-state index is 12.7. The maximum Gasteiger partial charge on any atom is 0.321 e. The molecule has 0 bridgehead atoms. The second-order valence-corrected chi connectivity index (χ2v) is 10.7. The Balaban J connectivity index is 1.26. The minimum Gasteiger partial charge on any atom is -0.353 e.